The lowest BCUT2D eigenvalue weighted by Gasteiger charge is -1.99. The fourth-order valence-corrected chi connectivity index (χ4v) is 4.11. The van der Waals surface area contributed by atoms with Gasteiger partial charge in [-0.05, 0) is 98.7 Å². The second-order valence-corrected chi connectivity index (χ2v) is 7.83. The largest absolute Gasteiger partial charge is 0.362 e. The van der Waals surface area contributed by atoms with Gasteiger partial charge < -0.3 is 9.97 Å². The quantitative estimate of drug-likeness (QED) is 0.418. The van der Waals surface area contributed by atoms with Crippen molar-refractivity contribution in [2.75, 3.05) is 0 Å². The lowest BCUT2D eigenvalue weighted by Crippen LogP contribution is -1.89. The van der Waals surface area contributed by atoms with Gasteiger partial charge in [-0.3, -0.25) is 4.99 Å². The molecule has 0 unspecified atom stereocenters. The highest BCUT2D eigenvalue weighted by Gasteiger charge is 2.15. The first-order valence-corrected chi connectivity index (χ1v) is 9.82. The molecule has 4 heteroatoms. The van der Waals surface area contributed by atoms with Gasteiger partial charge in [-0.2, -0.15) is 0 Å². The van der Waals surface area contributed by atoms with Crippen LogP contribution in [0, 0.1) is 27.7 Å². The summed E-state index contributed by atoms with van der Waals surface area (Å²) in [6.45, 7) is 8.60. The predicted molar refractivity (Wildman–Crippen MR) is 117 cm³/mol. The number of aliphatic imine (C=N–C) groups is 1. The minimum atomic E-state index is 1.02. The highest BCUT2D eigenvalue weighted by Crippen LogP contribution is 2.29. The number of nitrogens with one attached hydrogen (secondary N) is 2. The van der Waals surface area contributed by atoms with Gasteiger partial charge >= 0.3 is 0 Å². The van der Waals surface area contributed by atoms with Crippen LogP contribution in [0.15, 0.2) is 23.2 Å². The van der Waals surface area contributed by atoms with Gasteiger partial charge in [-0.15, -0.1) is 0 Å². The van der Waals surface area contributed by atoms with E-state index in [-0.39, 0.29) is 0 Å². The molecule has 0 aliphatic carbocycles. The van der Waals surface area contributed by atoms with Crippen molar-refractivity contribution in [3.63, 3.8) is 0 Å². The number of aryl methyl sites for hydroxylation is 4. The molecule has 0 radical (unpaired) electrons. The third-order valence-corrected chi connectivity index (χ3v) is 6.19. The fraction of sp³-hybridized carbons (Fsp3) is 0.250. The summed E-state index contributed by atoms with van der Waals surface area (Å²) in [7, 11) is 0. The maximum absolute atomic E-state index is 4.91. The number of aromatic nitrogens is 3. The van der Waals surface area contributed by atoms with Crippen molar-refractivity contribution in [1.82, 2.24) is 15.0 Å². The Morgan fingerprint density at radius 3 is 2.14 bits per heavy atom. The normalized spacial score (nSPS) is 13.9. The molecule has 3 aliphatic rings. The molecule has 0 fully saturated rings. The highest BCUT2D eigenvalue weighted by atomic mass is 14.8. The fourth-order valence-electron chi connectivity index (χ4n) is 4.11. The third-order valence-electron chi connectivity index (χ3n) is 6.19. The second-order valence-electron chi connectivity index (χ2n) is 7.83. The van der Waals surface area contributed by atoms with E-state index in [0.717, 1.165) is 52.1 Å². The zero-order chi connectivity index (χ0) is 19.4. The lowest BCUT2D eigenvalue weighted by atomic mass is 10.1. The Kier molecular flexibility index (Phi) is 3.76. The summed E-state index contributed by atoms with van der Waals surface area (Å²) >= 11 is 0. The first-order valence-electron chi connectivity index (χ1n) is 9.82. The smallest absolute Gasteiger partial charge is 0.0687 e. The predicted octanol–water partition coefficient (Wildman–Crippen LogP) is 5.58. The van der Waals surface area contributed by atoms with E-state index in [9.17, 15) is 0 Å². The van der Waals surface area contributed by atoms with Gasteiger partial charge in [0, 0.05) is 28.6 Å². The zero-order valence-electron chi connectivity index (χ0n) is 16.8. The van der Waals surface area contributed by atoms with Crippen molar-refractivity contribution < 1.29 is 0 Å². The molecule has 0 spiro atoms. The Balaban J connectivity index is 1.93. The molecular weight excluding hydrogens is 344 g/mol. The molecule has 5 rings (SSSR count). The Hall–Kier alpha value is -3.14. The van der Waals surface area contributed by atoms with Gasteiger partial charge in [0.2, 0.25) is 0 Å². The summed E-state index contributed by atoms with van der Waals surface area (Å²) in [6, 6.07) is 6.46. The van der Waals surface area contributed by atoms with Crippen LogP contribution in [-0.4, -0.2) is 21.2 Å². The minimum absolute atomic E-state index is 1.02. The zero-order valence-corrected chi connectivity index (χ0v) is 16.8. The van der Waals surface area contributed by atoms with E-state index in [1.54, 1.807) is 0 Å². The van der Waals surface area contributed by atoms with E-state index in [1.165, 1.54) is 28.1 Å². The average molecular weight is 368 g/mol. The molecule has 0 saturated heterocycles. The van der Waals surface area contributed by atoms with Gasteiger partial charge in [-0.25, -0.2) is 4.98 Å². The number of hydrogen-bond acceptors (Lipinski definition) is 2. The van der Waals surface area contributed by atoms with E-state index in [1.807, 2.05) is 6.21 Å². The van der Waals surface area contributed by atoms with Crippen LogP contribution < -0.4 is 0 Å². The Morgan fingerprint density at radius 2 is 1.39 bits per heavy atom. The monoisotopic (exact) mass is 368 g/mol. The van der Waals surface area contributed by atoms with Crippen molar-refractivity contribution in [3.8, 4) is 0 Å². The summed E-state index contributed by atoms with van der Waals surface area (Å²) in [6.07, 6.45) is 8.28. The van der Waals surface area contributed by atoms with Crippen LogP contribution in [-0.2, 0) is 12.8 Å². The van der Waals surface area contributed by atoms with Crippen LogP contribution >= 0.6 is 0 Å². The van der Waals surface area contributed by atoms with Gasteiger partial charge in [0.1, 0.15) is 0 Å². The average Bonchev–Trinajstić information content (AvgIpc) is 3.49. The Morgan fingerprint density at radius 1 is 0.750 bits per heavy atom. The van der Waals surface area contributed by atoms with Crippen LogP contribution in [0.3, 0.4) is 0 Å². The van der Waals surface area contributed by atoms with Gasteiger partial charge in [0.25, 0.3) is 0 Å². The Labute approximate surface area is 164 Å². The second kappa shape index (κ2) is 6.20. The molecular formula is C24H24N4. The molecule has 28 heavy (non-hydrogen) atoms. The summed E-state index contributed by atoms with van der Waals surface area (Å²) < 4.78 is 0. The number of nitrogens with zero attached hydrogens (tertiary/aromatic N) is 2. The Bertz CT molecular complexity index is 1160. The molecule has 0 atom stereocenters. The molecule has 4 nitrogen and oxygen atoms in total. The van der Waals surface area contributed by atoms with E-state index in [4.69, 9.17) is 4.98 Å². The number of hydrogen-bond donors (Lipinski definition) is 2. The van der Waals surface area contributed by atoms with Crippen LogP contribution in [0.4, 0.5) is 5.69 Å². The highest BCUT2D eigenvalue weighted by molar-refractivity contribution is 5.90. The molecule has 5 heterocycles. The molecule has 3 aliphatic heterocycles. The summed E-state index contributed by atoms with van der Waals surface area (Å²) in [4.78, 5) is 16.8. The maximum atomic E-state index is 4.91. The van der Waals surface area contributed by atoms with Crippen molar-refractivity contribution >= 4 is 35.1 Å². The summed E-state index contributed by atoms with van der Waals surface area (Å²) in [5, 5.41) is 0. The molecule has 2 aromatic rings. The number of fused-ring (bicyclic) bond motifs is 8. The van der Waals surface area contributed by atoms with Crippen LogP contribution in [0.5, 0.6) is 0 Å². The van der Waals surface area contributed by atoms with E-state index in [0.29, 0.717) is 0 Å². The molecule has 0 amide bonds. The van der Waals surface area contributed by atoms with Crippen molar-refractivity contribution in [2.24, 2.45) is 4.99 Å². The minimum Gasteiger partial charge on any atom is -0.362 e. The molecule has 0 aromatic carbocycles. The number of rotatable bonds is 0. The van der Waals surface area contributed by atoms with E-state index >= 15 is 0 Å². The van der Waals surface area contributed by atoms with Gasteiger partial charge in [0.15, 0.2) is 0 Å². The van der Waals surface area contributed by atoms with E-state index < -0.39 is 0 Å². The van der Waals surface area contributed by atoms with Crippen LogP contribution in [0.2, 0.25) is 0 Å². The van der Waals surface area contributed by atoms with Gasteiger partial charge in [0.05, 0.1) is 17.1 Å². The number of H-pyrrole nitrogens is 2. The maximum Gasteiger partial charge on any atom is 0.0687 e. The topological polar surface area (TPSA) is 56.8 Å². The summed E-state index contributed by atoms with van der Waals surface area (Å²) in [5.41, 5.74) is 13.8. The third kappa shape index (κ3) is 2.60. The first-order chi connectivity index (χ1) is 13.5. The molecule has 0 saturated carbocycles. The first kappa shape index (κ1) is 17.0. The van der Waals surface area contributed by atoms with Crippen LogP contribution in [0.1, 0.15) is 50.6 Å². The van der Waals surface area contributed by atoms with Gasteiger partial charge in [-0.1, -0.05) is 0 Å². The van der Waals surface area contributed by atoms with Crippen molar-refractivity contribution in [2.45, 2.75) is 40.5 Å². The van der Waals surface area contributed by atoms with Crippen LogP contribution in [0.25, 0.3) is 23.2 Å². The van der Waals surface area contributed by atoms with Crippen molar-refractivity contribution in [1.29, 1.82) is 0 Å². The molecule has 2 aromatic heterocycles. The van der Waals surface area contributed by atoms with E-state index in [2.05, 4.69) is 73.0 Å². The molecule has 2 N–H and O–H groups in total. The molecule has 8 bridgehead atoms. The summed E-state index contributed by atoms with van der Waals surface area (Å²) in [5.74, 6) is 0. The molecule has 140 valence electrons. The number of aromatic amines is 2. The van der Waals surface area contributed by atoms with Crippen molar-refractivity contribution in [3.05, 3.63) is 68.8 Å². The standard InChI is InChI=1S/C24H24N4/c1-13-17-11-24(25-12-17)16(4)23-10-9-22(28-23)15(3)21-8-7-20(27-21)14(2)19-6-5-18(13)26-19/h7-12,26,28H,5-6H2,1-4H3. The lowest BCUT2D eigenvalue weighted by molar-refractivity contribution is 0.999. The SMILES string of the molecule is Cc1c2cc(c(C)c3ccc([nH]3)c(C)c3nc(c(C)c4[nH]c1CC4)C=C3)N=C2.